The number of rotatable bonds is 3. The van der Waals surface area contributed by atoms with Gasteiger partial charge in [-0.1, -0.05) is 20.8 Å². The van der Waals surface area contributed by atoms with Crippen LogP contribution in [0.25, 0.3) is 0 Å². The molecule has 6 nitrogen and oxygen atoms in total. The van der Waals surface area contributed by atoms with E-state index in [1.165, 1.54) is 24.4 Å². The molecule has 1 aromatic carbocycles. The van der Waals surface area contributed by atoms with Crippen molar-refractivity contribution in [3.05, 3.63) is 52.4 Å². The van der Waals surface area contributed by atoms with Crippen LogP contribution in [0.5, 0.6) is 11.6 Å². The molecule has 0 unspecified atom stereocenters. The summed E-state index contributed by atoms with van der Waals surface area (Å²) >= 11 is 3.25. The molecule has 0 spiro atoms. The zero-order valence-electron chi connectivity index (χ0n) is 16.6. The number of benzene rings is 1. The molecule has 154 valence electrons. The van der Waals surface area contributed by atoms with E-state index < -0.39 is 11.2 Å². The third-order valence-electron chi connectivity index (χ3n) is 4.60. The molecule has 0 bridgehead atoms. The lowest BCUT2D eigenvalue weighted by Gasteiger charge is -2.37. The number of carbonyl (C=O) groups is 2. The van der Waals surface area contributed by atoms with E-state index in [4.69, 9.17) is 4.74 Å². The van der Waals surface area contributed by atoms with E-state index in [0.717, 1.165) is 0 Å². The first kappa shape index (κ1) is 21.2. The molecule has 1 fully saturated rings. The Balaban J connectivity index is 1.73. The monoisotopic (exact) mass is 463 g/mol. The molecule has 2 aromatic rings. The largest absolute Gasteiger partial charge is 0.437 e. The van der Waals surface area contributed by atoms with Crippen molar-refractivity contribution in [2.45, 2.75) is 20.8 Å². The van der Waals surface area contributed by atoms with Crippen LogP contribution in [-0.4, -0.2) is 52.8 Å². The Morgan fingerprint density at radius 1 is 1.10 bits per heavy atom. The smallest absolute Gasteiger partial charge is 0.259 e. The first-order valence-corrected chi connectivity index (χ1v) is 10.1. The Morgan fingerprint density at radius 2 is 1.76 bits per heavy atom. The summed E-state index contributed by atoms with van der Waals surface area (Å²) in [7, 11) is 0. The topological polar surface area (TPSA) is 62.7 Å². The molecule has 1 aromatic heterocycles. The van der Waals surface area contributed by atoms with Crippen LogP contribution in [0.1, 0.15) is 31.1 Å². The molecular formula is C21H23BrFN3O3. The summed E-state index contributed by atoms with van der Waals surface area (Å²) in [5.41, 5.74) is -0.127. The number of piperazine rings is 1. The van der Waals surface area contributed by atoms with Crippen molar-refractivity contribution < 1.29 is 18.7 Å². The predicted octanol–water partition coefficient (Wildman–Crippen LogP) is 4.11. The first-order valence-electron chi connectivity index (χ1n) is 9.33. The van der Waals surface area contributed by atoms with Gasteiger partial charge in [-0.25, -0.2) is 9.37 Å². The molecular weight excluding hydrogens is 441 g/mol. The Kier molecular flexibility index (Phi) is 6.21. The summed E-state index contributed by atoms with van der Waals surface area (Å²) in [4.78, 5) is 33.2. The molecule has 1 aliphatic rings. The lowest BCUT2D eigenvalue weighted by Crippen LogP contribution is -2.53. The van der Waals surface area contributed by atoms with Crippen LogP contribution in [0, 0.1) is 11.2 Å². The molecule has 1 aliphatic heterocycles. The maximum atomic E-state index is 13.3. The van der Waals surface area contributed by atoms with Crippen LogP contribution in [0.3, 0.4) is 0 Å². The van der Waals surface area contributed by atoms with E-state index in [-0.39, 0.29) is 17.7 Å². The van der Waals surface area contributed by atoms with Crippen molar-refractivity contribution >= 4 is 27.7 Å². The molecule has 0 N–H and O–H groups in total. The second kappa shape index (κ2) is 8.49. The summed E-state index contributed by atoms with van der Waals surface area (Å²) in [5, 5.41) is 0. The molecule has 0 atom stereocenters. The third-order valence-corrected chi connectivity index (χ3v) is 5.22. The van der Waals surface area contributed by atoms with Gasteiger partial charge in [0.1, 0.15) is 17.1 Å². The number of nitrogens with zero attached hydrogens (tertiary/aromatic N) is 3. The van der Waals surface area contributed by atoms with Gasteiger partial charge in [0.05, 0.1) is 4.47 Å². The van der Waals surface area contributed by atoms with Crippen molar-refractivity contribution in [1.82, 2.24) is 14.8 Å². The maximum Gasteiger partial charge on any atom is 0.259 e. The number of halogens is 2. The van der Waals surface area contributed by atoms with Crippen LogP contribution in [0.15, 0.2) is 41.0 Å². The highest BCUT2D eigenvalue weighted by molar-refractivity contribution is 9.10. The number of pyridine rings is 1. The highest BCUT2D eigenvalue weighted by Gasteiger charge is 2.31. The zero-order valence-corrected chi connectivity index (χ0v) is 18.2. The number of hydrogen-bond donors (Lipinski definition) is 0. The first-order chi connectivity index (χ1) is 13.7. The SMILES string of the molecule is CC(C)(C)C(=O)N1CCN(C(=O)c2cccnc2Oc2ccc(F)cc2Br)CC1. The minimum atomic E-state index is -0.445. The number of carbonyl (C=O) groups excluding carboxylic acids is 2. The minimum absolute atomic E-state index is 0.0798. The zero-order chi connectivity index (χ0) is 21.2. The van der Waals surface area contributed by atoms with Gasteiger partial charge in [-0.2, -0.15) is 0 Å². The highest BCUT2D eigenvalue weighted by atomic mass is 79.9. The number of ether oxygens (including phenoxy) is 1. The van der Waals surface area contributed by atoms with Crippen molar-refractivity contribution in [2.75, 3.05) is 26.2 Å². The van der Waals surface area contributed by atoms with Crippen LogP contribution in [0.2, 0.25) is 0 Å². The van der Waals surface area contributed by atoms with Crippen LogP contribution in [-0.2, 0) is 4.79 Å². The Bertz CT molecular complexity index is 922. The molecule has 1 saturated heterocycles. The molecule has 3 rings (SSSR count). The normalized spacial score (nSPS) is 14.7. The lowest BCUT2D eigenvalue weighted by molar-refractivity contribution is -0.140. The minimum Gasteiger partial charge on any atom is -0.437 e. The Morgan fingerprint density at radius 3 is 2.38 bits per heavy atom. The fourth-order valence-corrected chi connectivity index (χ4v) is 3.49. The van der Waals surface area contributed by atoms with Crippen molar-refractivity contribution in [1.29, 1.82) is 0 Å². The van der Waals surface area contributed by atoms with Crippen molar-refractivity contribution in [3.8, 4) is 11.6 Å². The van der Waals surface area contributed by atoms with Gasteiger partial charge in [0.2, 0.25) is 11.8 Å². The number of aromatic nitrogens is 1. The van der Waals surface area contributed by atoms with Gasteiger partial charge >= 0.3 is 0 Å². The molecule has 8 heteroatoms. The van der Waals surface area contributed by atoms with Crippen LogP contribution >= 0.6 is 15.9 Å². The highest BCUT2D eigenvalue weighted by Crippen LogP contribution is 2.31. The average Bonchev–Trinajstić information content (AvgIpc) is 2.69. The van der Waals surface area contributed by atoms with E-state index in [9.17, 15) is 14.0 Å². The van der Waals surface area contributed by atoms with Gasteiger partial charge in [-0.05, 0) is 46.3 Å². The summed E-state index contributed by atoms with van der Waals surface area (Å²) in [6.07, 6.45) is 1.53. The van der Waals surface area contributed by atoms with Gasteiger partial charge in [0.15, 0.2) is 0 Å². The fraction of sp³-hybridized carbons (Fsp3) is 0.381. The van der Waals surface area contributed by atoms with Crippen LogP contribution in [0.4, 0.5) is 4.39 Å². The quantitative estimate of drug-likeness (QED) is 0.686. The summed E-state index contributed by atoms with van der Waals surface area (Å²) in [6, 6.07) is 7.34. The number of amides is 2. The Hall–Kier alpha value is -2.48. The van der Waals surface area contributed by atoms with Crippen LogP contribution < -0.4 is 4.74 Å². The molecule has 2 amide bonds. The molecule has 2 heterocycles. The second-order valence-electron chi connectivity index (χ2n) is 7.87. The summed E-state index contributed by atoms with van der Waals surface area (Å²) in [5.74, 6) is -0.0210. The van der Waals surface area contributed by atoms with Gasteiger partial charge in [-0.3, -0.25) is 9.59 Å². The van der Waals surface area contributed by atoms with E-state index in [2.05, 4.69) is 20.9 Å². The van der Waals surface area contributed by atoms with Gasteiger partial charge < -0.3 is 14.5 Å². The average molecular weight is 464 g/mol. The summed E-state index contributed by atoms with van der Waals surface area (Å²) in [6.45, 7) is 7.52. The van der Waals surface area contributed by atoms with E-state index in [1.807, 2.05) is 20.8 Å². The molecule has 0 radical (unpaired) electrons. The second-order valence-corrected chi connectivity index (χ2v) is 8.72. The maximum absolute atomic E-state index is 13.3. The predicted molar refractivity (Wildman–Crippen MR) is 110 cm³/mol. The third kappa shape index (κ3) is 4.93. The molecule has 0 saturated carbocycles. The van der Waals surface area contributed by atoms with Crippen molar-refractivity contribution in [3.63, 3.8) is 0 Å². The van der Waals surface area contributed by atoms with Gasteiger partial charge in [0.25, 0.3) is 5.91 Å². The Labute approximate surface area is 177 Å². The van der Waals surface area contributed by atoms with E-state index in [0.29, 0.717) is 42.0 Å². The molecule has 29 heavy (non-hydrogen) atoms. The standard InChI is InChI=1S/C21H23BrFN3O3/c1-21(2,3)20(28)26-11-9-25(10-12-26)19(27)15-5-4-8-24-18(15)29-17-7-6-14(23)13-16(17)22/h4-8,13H,9-12H2,1-3H3. The van der Waals surface area contributed by atoms with E-state index >= 15 is 0 Å². The number of hydrogen-bond acceptors (Lipinski definition) is 4. The lowest BCUT2D eigenvalue weighted by atomic mass is 9.94. The fourth-order valence-electron chi connectivity index (χ4n) is 3.05. The van der Waals surface area contributed by atoms with Crippen molar-refractivity contribution in [2.24, 2.45) is 5.41 Å². The van der Waals surface area contributed by atoms with E-state index in [1.54, 1.807) is 21.9 Å². The summed E-state index contributed by atoms with van der Waals surface area (Å²) < 4.78 is 19.5. The van der Waals surface area contributed by atoms with Gasteiger partial charge in [0, 0.05) is 37.8 Å². The molecule has 0 aliphatic carbocycles. The van der Waals surface area contributed by atoms with Gasteiger partial charge in [-0.15, -0.1) is 0 Å².